The first-order chi connectivity index (χ1) is 10.8. The van der Waals surface area contributed by atoms with Gasteiger partial charge in [0, 0.05) is 19.3 Å². The van der Waals surface area contributed by atoms with E-state index in [1.54, 1.807) is 0 Å². The van der Waals surface area contributed by atoms with Crippen LogP contribution in [0.1, 0.15) is 44.6 Å². The smallest absolute Gasteiger partial charge is 0.128 e. The molecule has 0 amide bonds. The lowest BCUT2D eigenvalue weighted by molar-refractivity contribution is 0.613. The summed E-state index contributed by atoms with van der Waals surface area (Å²) in [5.41, 5.74) is 1.11. The topological polar surface area (TPSA) is 16.1 Å². The van der Waals surface area contributed by atoms with E-state index in [0.29, 0.717) is 0 Å². The van der Waals surface area contributed by atoms with Crippen molar-refractivity contribution < 1.29 is 4.39 Å². The van der Waals surface area contributed by atoms with Crippen molar-refractivity contribution in [3.63, 3.8) is 0 Å². The predicted octanol–water partition coefficient (Wildman–Crippen LogP) is 5.20. The number of benzene rings is 1. The van der Waals surface area contributed by atoms with Gasteiger partial charge in [-0.25, -0.2) is 9.37 Å². The van der Waals surface area contributed by atoms with E-state index in [-0.39, 0.29) is 5.82 Å². The zero-order valence-electron chi connectivity index (χ0n) is 13.3. The fourth-order valence-corrected chi connectivity index (χ4v) is 2.53. The molecule has 0 aliphatic rings. The molecule has 0 saturated carbocycles. The highest BCUT2D eigenvalue weighted by atomic mass is 19.1. The Morgan fingerprint density at radius 1 is 0.955 bits per heavy atom. The first kappa shape index (κ1) is 16.5. The fraction of sp³-hybridized carbons (Fsp3) is 0.421. The van der Waals surface area contributed by atoms with Gasteiger partial charge in [-0.15, -0.1) is 0 Å². The fourth-order valence-electron chi connectivity index (χ4n) is 2.53. The highest BCUT2D eigenvalue weighted by molar-refractivity contribution is 5.39. The summed E-state index contributed by atoms with van der Waals surface area (Å²) in [6.45, 7) is 3.98. The number of hydrogen-bond acceptors (Lipinski definition) is 2. The molecule has 2 nitrogen and oxygen atoms in total. The number of hydrogen-bond donors (Lipinski definition) is 0. The average Bonchev–Trinajstić information content (AvgIpc) is 2.56. The van der Waals surface area contributed by atoms with Crippen LogP contribution >= 0.6 is 0 Å². The monoisotopic (exact) mass is 300 g/mol. The lowest BCUT2D eigenvalue weighted by Crippen LogP contribution is -2.24. The summed E-state index contributed by atoms with van der Waals surface area (Å²) in [5.74, 6) is 0.801. The van der Waals surface area contributed by atoms with Crippen molar-refractivity contribution in [3.05, 3.63) is 60.0 Å². The third-order valence-electron chi connectivity index (χ3n) is 3.79. The molecule has 1 heterocycles. The zero-order chi connectivity index (χ0) is 15.6. The summed E-state index contributed by atoms with van der Waals surface area (Å²) in [7, 11) is 0. The molecule has 0 unspecified atom stereocenters. The van der Waals surface area contributed by atoms with Gasteiger partial charge in [0.15, 0.2) is 0 Å². The van der Waals surface area contributed by atoms with Crippen molar-refractivity contribution >= 4 is 5.82 Å². The molecule has 2 aromatic rings. The van der Waals surface area contributed by atoms with Gasteiger partial charge in [0.2, 0.25) is 0 Å². The molecule has 0 fully saturated rings. The van der Waals surface area contributed by atoms with Crippen LogP contribution in [-0.4, -0.2) is 11.5 Å². The minimum Gasteiger partial charge on any atom is -0.352 e. The van der Waals surface area contributed by atoms with Gasteiger partial charge < -0.3 is 4.90 Å². The highest BCUT2D eigenvalue weighted by Crippen LogP contribution is 2.16. The van der Waals surface area contributed by atoms with Crippen molar-refractivity contribution in [2.24, 2.45) is 0 Å². The molecule has 0 spiro atoms. The Labute approximate surface area is 133 Å². The number of halogens is 1. The molecule has 0 bridgehead atoms. The molecule has 1 aromatic carbocycles. The van der Waals surface area contributed by atoms with Crippen LogP contribution in [0.3, 0.4) is 0 Å². The van der Waals surface area contributed by atoms with Crippen LogP contribution in [0.5, 0.6) is 0 Å². The lowest BCUT2D eigenvalue weighted by Gasteiger charge is -2.24. The average molecular weight is 300 g/mol. The maximum Gasteiger partial charge on any atom is 0.128 e. The van der Waals surface area contributed by atoms with Gasteiger partial charge in [-0.3, -0.25) is 0 Å². The van der Waals surface area contributed by atoms with E-state index in [2.05, 4.69) is 16.8 Å². The van der Waals surface area contributed by atoms with Crippen molar-refractivity contribution in [2.75, 3.05) is 11.4 Å². The standard InChI is InChI=1S/C19H25FN2/c1-2-3-4-5-8-15-22(19-9-6-7-14-21-19)16-17-10-12-18(20)13-11-17/h6-7,9-14H,2-5,8,15-16H2,1H3. The number of anilines is 1. The second-order valence-corrected chi connectivity index (χ2v) is 5.65. The largest absolute Gasteiger partial charge is 0.352 e. The summed E-state index contributed by atoms with van der Waals surface area (Å²) in [5, 5.41) is 0. The molecular weight excluding hydrogens is 275 g/mol. The van der Waals surface area contributed by atoms with Gasteiger partial charge in [-0.1, -0.05) is 50.8 Å². The van der Waals surface area contributed by atoms with Gasteiger partial charge in [-0.2, -0.15) is 0 Å². The molecule has 0 atom stereocenters. The molecule has 3 heteroatoms. The first-order valence-electron chi connectivity index (χ1n) is 8.20. The highest BCUT2D eigenvalue weighted by Gasteiger charge is 2.08. The Morgan fingerprint density at radius 2 is 1.73 bits per heavy atom. The van der Waals surface area contributed by atoms with Crippen molar-refractivity contribution in [1.29, 1.82) is 0 Å². The Morgan fingerprint density at radius 3 is 2.41 bits per heavy atom. The molecule has 2 rings (SSSR count). The minimum atomic E-state index is -0.187. The Bertz CT molecular complexity index is 525. The van der Waals surface area contributed by atoms with E-state index >= 15 is 0 Å². The van der Waals surface area contributed by atoms with Gasteiger partial charge in [-0.05, 0) is 36.2 Å². The summed E-state index contributed by atoms with van der Waals surface area (Å²) >= 11 is 0. The number of aromatic nitrogens is 1. The van der Waals surface area contributed by atoms with Gasteiger partial charge in [0.1, 0.15) is 11.6 Å². The third-order valence-corrected chi connectivity index (χ3v) is 3.79. The summed E-state index contributed by atoms with van der Waals surface area (Å²) in [6.07, 6.45) is 8.10. The van der Waals surface area contributed by atoms with Gasteiger partial charge in [0.05, 0.1) is 0 Å². The van der Waals surface area contributed by atoms with Crippen molar-refractivity contribution in [2.45, 2.75) is 45.6 Å². The summed E-state index contributed by atoms with van der Waals surface area (Å²) in [6, 6.07) is 12.7. The van der Waals surface area contributed by atoms with Crippen molar-refractivity contribution in [1.82, 2.24) is 4.98 Å². The molecule has 1 aromatic heterocycles. The van der Waals surface area contributed by atoms with Crippen LogP contribution in [0, 0.1) is 5.82 Å². The van der Waals surface area contributed by atoms with Crippen LogP contribution < -0.4 is 4.90 Å². The van der Waals surface area contributed by atoms with Gasteiger partial charge in [0.25, 0.3) is 0 Å². The third kappa shape index (κ3) is 5.47. The van der Waals surface area contributed by atoms with Crippen LogP contribution in [0.15, 0.2) is 48.7 Å². The number of rotatable bonds is 9. The zero-order valence-corrected chi connectivity index (χ0v) is 13.3. The normalized spacial score (nSPS) is 10.6. The van der Waals surface area contributed by atoms with Gasteiger partial charge >= 0.3 is 0 Å². The molecule has 22 heavy (non-hydrogen) atoms. The van der Waals surface area contributed by atoms with E-state index in [4.69, 9.17) is 0 Å². The second-order valence-electron chi connectivity index (χ2n) is 5.65. The number of pyridine rings is 1. The van der Waals surface area contributed by atoms with E-state index in [9.17, 15) is 4.39 Å². The minimum absolute atomic E-state index is 0.187. The molecule has 0 radical (unpaired) electrons. The molecular formula is C19H25FN2. The van der Waals surface area contributed by atoms with Crippen molar-refractivity contribution in [3.8, 4) is 0 Å². The maximum atomic E-state index is 13.0. The van der Waals surface area contributed by atoms with E-state index < -0.39 is 0 Å². The summed E-state index contributed by atoms with van der Waals surface area (Å²) in [4.78, 5) is 6.74. The molecule has 0 saturated heterocycles. The van der Waals surface area contributed by atoms with Crippen LogP contribution in [-0.2, 0) is 6.54 Å². The molecule has 0 aliphatic carbocycles. The molecule has 0 N–H and O–H groups in total. The quantitative estimate of drug-likeness (QED) is 0.592. The Kier molecular flexibility index (Phi) is 6.88. The van der Waals surface area contributed by atoms with Crippen LogP contribution in [0.25, 0.3) is 0 Å². The molecule has 118 valence electrons. The lowest BCUT2D eigenvalue weighted by atomic mass is 10.1. The van der Waals surface area contributed by atoms with E-state index in [1.165, 1.54) is 37.8 Å². The predicted molar refractivity (Wildman–Crippen MR) is 90.4 cm³/mol. The summed E-state index contributed by atoms with van der Waals surface area (Å²) < 4.78 is 13.0. The number of unbranched alkanes of at least 4 members (excludes halogenated alkanes) is 4. The van der Waals surface area contributed by atoms with E-state index in [0.717, 1.165) is 30.9 Å². The molecule has 0 aliphatic heterocycles. The maximum absolute atomic E-state index is 13.0. The Balaban J connectivity index is 1.97. The Hall–Kier alpha value is -1.90. The van der Waals surface area contributed by atoms with E-state index in [1.807, 2.05) is 36.5 Å². The SMILES string of the molecule is CCCCCCCN(Cc1ccc(F)cc1)c1ccccn1. The number of nitrogens with zero attached hydrogens (tertiary/aromatic N) is 2. The van der Waals surface area contributed by atoms with Crippen LogP contribution in [0.2, 0.25) is 0 Å². The second kappa shape index (κ2) is 9.19. The first-order valence-corrected chi connectivity index (χ1v) is 8.20. The van der Waals surface area contributed by atoms with Crippen LogP contribution in [0.4, 0.5) is 10.2 Å².